The van der Waals surface area contributed by atoms with Crippen LogP contribution in [0.25, 0.3) is 0 Å². The Balaban J connectivity index is 3.17. The SMILES string of the molecule is CCc1cn(C)c(=O)cn1. The molecule has 0 aliphatic rings. The van der Waals surface area contributed by atoms with Crippen molar-refractivity contribution in [2.45, 2.75) is 13.3 Å². The van der Waals surface area contributed by atoms with E-state index in [9.17, 15) is 4.79 Å². The average Bonchev–Trinajstić information content (AvgIpc) is 1.95. The van der Waals surface area contributed by atoms with Crippen LogP contribution in [0.4, 0.5) is 0 Å². The Bertz CT molecular complexity index is 277. The van der Waals surface area contributed by atoms with Gasteiger partial charge in [0.05, 0.1) is 11.9 Å². The van der Waals surface area contributed by atoms with E-state index >= 15 is 0 Å². The summed E-state index contributed by atoms with van der Waals surface area (Å²) in [5.41, 5.74) is 0.888. The third-order valence-electron chi connectivity index (χ3n) is 1.39. The zero-order chi connectivity index (χ0) is 7.56. The van der Waals surface area contributed by atoms with Gasteiger partial charge < -0.3 is 4.57 Å². The van der Waals surface area contributed by atoms with Gasteiger partial charge in [-0.25, -0.2) is 0 Å². The Kier molecular flexibility index (Phi) is 1.85. The highest BCUT2D eigenvalue weighted by molar-refractivity contribution is 4.95. The zero-order valence-corrected chi connectivity index (χ0v) is 6.16. The molecule has 0 bridgehead atoms. The van der Waals surface area contributed by atoms with Crippen molar-refractivity contribution < 1.29 is 0 Å². The van der Waals surface area contributed by atoms with E-state index in [1.807, 2.05) is 6.92 Å². The predicted octanol–water partition coefficient (Wildman–Crippen LogP) is 0.343. The van der Waals surface area contributed by atoms with Crippen LogP contribution in [0.5, 0.6) is 0 Å². The van der Waals surface area contributed by atoms with Crippen LogP contribution in [-0.4, -0.2) is 9.55 Å². The van der Waals surface area contributed by atoms with Crippen molar-refractivity contribution >= 4 is 0 Å². The van der Waals surface area contributed by atoms with Gasteiger partial charge in [0.1, 0.15) is 0 Å². The van der Waals surface area contributed by atoms with Crippen molar-refractivity contribution in [1.82, 2.24) is 9.55 Å². The van der Waals surface area contributed by atoms with Gasteiger partial charge >= 0.3 is 0 Å². The second-order valence-electron chi connectivity index (χ2n) is 2.18. The van der Waals surface area contributed by atoms with Crippen LogP contribution in [0.2, 0.25) is 0 Å². The smallest absolute Gasteiger partial charge is 0.268 e. The van der Waals surface area contributed by atoms with Gasteiger partial charge in [0.15, 0.2) is 0 Å². The van der Waals surface area contributed by atoms with Crippen LogP contribution in [0, 0.1) is 0 Å². The summed E-state index contributed by atoms with van der Waals surface area (Å²) in [6.07, 6.45) is 3.97. The lowest BCUT2D eigenvalue weighted by Crippen LogP contribution is -2.16. The zero-order valence-electron chi connectivity index (χ0n) is 6.16. The number of aryl methyl sites for hydroxylation is 2. The summed E-state index contributed by atoms with van der Waals surface area (Å²) in [6.45, 7) is 2.01. The van der Waals surface area contributed by atoms with Crippen molar-refractivity contribution in [2.24, 2.45) is 7.05 Å². The van der Waals surface area contributed by atoms with E-state index < -0.39 is 0 Å². The van der Waals surface area contributed by atoms with E-state index in [2.05, 4.69) is 4.98 Å². The molecule has 0 saturated carbocycles. The molecule has 0 spiro atoms. The Morgan fingerprint density at radius 3 is 2.90 bits per heavy atom. The lowest BCUT2D eigenvalue weighted by atomic mass is 10.3. The first kappa shape index (κ1) is 6.99. The van der Waals surface area contributed by atoms with Crippen LogP contribution in [0.1, 0.15) is 12.6 Å². The second kappa shape index (κ2) is 2.64. The van der Waals surface area contributed by atoms with Crippen molar-refractivity contribution in [1.29, 1.82) is 0 Å². The Hall–Kier alpha value is -1.12. The van der Waals surface area contributed by atoms with Gasteiger partial charge in [-0.3, -0.25) is 9.78 Å². The largest absolute Gasteiger partial charge is 0.315 e. The first-order valence-electron chi connectivity index (χ1n) is 3.25. The Morgan fingerprint density at radius 2 is 2.40 bits per heavy atom. The first-order valence-corrected chi connectivity index (χ1v) is 3.25. The fourth-order valence-corrected chi connectivity index (χ4v) is 0.732. The molecule has 0 unspecified atom stereocenters. The van der Waals surface area contributed by atoms with Crippen LogP contribution in [0.15, 0.2) is 17.2 Å². The van der Waals surface area contributed by atoms with Gasteiger partial charge in [-0.15, -0.1) is 0 Å². The maximum atomic E-state index is 10.8. The molecule has 1 aromatic heterocycles. The average molecular weight is 138 g/mol. The molecule has 0 radical (unpaired) electrons. The van der Waals surface area contributed by atoms with Gasteiger partial charge in [-0.2, -0.15) is 0 Å². The summed E-state index contributed by atoms with van der Waals surface area (Å²) >= 11 is 0. The van der Waals surface area contributed by atoms with Crippen molar-refractivity contribution in [3.05, 3.63) is 28.4 Å². The van der Waals surface area contributed by atoms with E-state index in [1.165, 1.54) is 10.8 Å². The molecule has 0 fully saturated rings. The quantitative estimate of drug-likeness (QED) is 0.561. The maximum Gasteiger partial charge on any atom is 0.268 e. The summed E-state index contributed by atoms with van der Waals surface area (Å²) < 4.78 is 1.53. The topological polar surface area (TPSA) is 34.9 Å². The second-order valence-corrected chi connectivity index (χ2v) is 2.18. The third kappa shape index (κ3) is 1.23. The summed E-state index contributed by atoms with van der Waals surface area (Å²) in [5.74, 6) is 0. The maximum absolute atomic E-state index is 10.8. The predicted molar refractivity (Wildman–Crippen MR) is 38.9 cm³/mol. The first-order chi connectivity index (χ1) is 4.74. The molecular formula is C7H10N2O. The van der Waals surface area contributed by atoms with Crippen molar-refractivity contribution in [3.63, 3.8) is 0 Å². The molecule has 0 aliphatic heterocycles. The summed E-state index contributed by atoms with van der Waals surface area (Å²) in [4.78, 5) is 14.7. The molecule has 0 atom stereocenters. The van der Waals surface area contributed by atoms with Crippen molar-refractivity contribution in [3.8, 4) is 0 Å². The number of nitrogens with zero attached hydrogens (tertiary/aromatic N) is 2. The van der Waals surface area contributed by atoms with E-state index in [-0.39, 0.29) is 5.56 Å². The van der Waals surface area contributed by atoms with Gasteiger partial charge in [0.25, 0.3) is 5.56 Å². The highest BCUT2D eigenvalue weighted by Crippen LogP contribution is 1.88. The minimum Gasteiger partial charge on any atom is -0.315 e. The standard InChI is InChI=1S/C7H10N2O/c1-3-6-5-9(2)7(10)4-8-6/h4-5H,3H2,1-2H3. The molecule has 1 aromatic rings. The number of hydrogen-bond acceptors (Lipinski definition) is 2. The van der Waals surface area contributed by atoms with E-state index in [4.69, 9.17) is 0 Å². The normalized spacial score (nSPS) is 9.80. The minimum atomic E-state index is -0.0581. The monoisotopic (exact) mass is 138 g/mol. The van der Waals surface area contributed by atoms with Crippen LogP contribution < -0.4 is 5.56 Å². The summed E-state index contributed by atoms with van der Waals surface area (Å²) in [5, 5.41) is 0. The van der Waals surface area contributed by atoms with Gasteiger partial charge in [-0.1, -0.05) is 6.92 Å². The number of aromatic nitrogens is 2. The molecule has 1 heterocycles. The lowest BCUT2D eigenvalue weighted by molar-refractivity contribution is 0.810. The molecule has 0 amide bonds. The Morgan fingerprint density at radius 1 is 1.70 bits per heavy atom. The molecule has 10 heavy (non-hydrogen) atoms. The summed E-state index contributed by atoms with van der Waals surface area (Å²) in [7, 11) is 1.73. The highest BCUT2D eigenvalue weighted by atomic mass is 16.1. The molecule has 0 N–H and O–H groups in total. The van der Waals surface area contributed by atoms with E-state index in [0.717, 1.165) is 12.1 Å². The van der Waals surface area contributed by atoms with Gasteiger partial charge in [-0.05, 0) is 6.42 Å². The van der Waals surface area contributed by atoms with Gasteiger partial charge in [0.2, 0.25) is 0 Å². The Labute approximate surface area is 59.3 Å². The molecule has 3 nitrogen and oxygen atoms in total. The molecular weight excluding hydrogens is 128 g/mol. The third-order valence-corrected chi connectivity index (χ3v) is 1.39. The van der Waals surface area contributed by atoms with Gasteiger partial charge in [0, 0.05) is 13.2 Å². The molecule has 3 heteroatoms. The summed E-state index contributed by atoms with van der Waals surface area (Å²) in [6, 6.07) is 0. The van der Waals surface area contributed by atoms with E-state index in [0.29, 0.717) is 0 Å². The van der Waals surface area contributed by atoms with Crippen LogP contribution in [0.3, 0.4) is 0 Å². The number of hydrogen-bond donors (Lipinski definition) is 0. The molecule has 54 valence electrons. The van der Waals surface area contributed by atoms with E-state index in [1.54, 1.807) is 13.2 Å². The number of rotatable bonds is 1. The lowest BCUT2D eigenvalue weighted by Gasteiger charge is -1.97. The fraction of sp³-hybridized carbons (Fsp3) is 0.429. The molecule has 0 saturated heterocycles. The van der Waals surface area contributed by atoms with Crippen molar-refractivity contribution in [2.75, 3.05) is 0 Å². The molecule has 1 rings (SSSR count). The van der Waals surface area contributed by atoms with Crippen LogP contribution >= 0.6 is 0 Å². The van der Waals surface area contributed by atoms with Crippen LogP contribution in [-0.2, 0) is 13.5 Å². The fourth-order valence-electron chi connectivity index (χ4n) is 0.732. The molecule has 0 aromatic carbocycles. The molecule has 0 aliphatic carbocycles. The highest BCUT2D eigenvalue weighted by Gasteiger charge is 1.91. The minimum absolute atomic E-state index is 0.0581.